The summed E-state index contributed by atoms with van der Waals surface area (Å²) in [5.41, 5.74) is 2.58. The number of anilines is 1. The molecule has 3 rings (SSSR count). The number of carbonyl (C=O) groups is 1. The number of hydrogen-bond donors (Lipinski definition) is 1. The van der Waals surface area contributed by atoms with Gasteiger partial charge in [0.2, 0.25) is 0 Å². The van der Waals surface area contributed by atoms with Crippen molar-refractivity contribution in [2.45, 2.75) is 6.54 Å². The van der Waals surface area contributed by atoms with Crippen LogP contribution in [0.5, 0.6) is 0 Å². The molecule has 0 aliphatic rings. The van der Waals surface area contributed by atoms with E-state index in [-0.39, 0.29) is 5.91 Å². The second-order valence-electron chi connectivity index (χ2n) is 4.37. The molecule has 100 valence electrons. The van der Waals surface area contributed by atoms with Gasteiger partial charge in [0.15, 0.2) is 0 Å². The van der Waals surface area contributed by atoms with Gasteiger partial charge < -0.3 is 5.32 Å². The van der Waals surface area contributed by atoms with Crippen LogP contribution >= 0.6 is 11.3 Å². The Balaban J connectivity index is 1.73. The first-order valence-electron chi connectivity index (χ1n) is 6.21. The standard InChI is InChI=1S/C15H13N3OS/c19-15(13-5-8-20-11-13)17-14-4-1-3-12(9-14)10-18-7-2-6-16-18/h1-9,11H,10H2,(H,17,19). The molecule has 0 saturated carbocycles. The zero-order chi connectivity index (χ0) is 13.8. The summed E-state index contributed by atoms with van der Waals surface area (Å²) in [6, 6.07) is 11.5. The Morgan fingerprint density at radius 3 is 3.00 bits per heavy atom. The molecule has 1 amide bonds. The first kappa shape index (κ1) is 12.6. The monoisotopic (exact) mass is 283 g/mol. The van der Waals surface area contributed by atoms with Crippen LogP contribution in [0.1, 0.15) is 15.9 Å². The van der Waals surface area contributed by atoms with E-state index in [9.17, 15) is 4.79 Å². The lowest BCUT2D eigenvalue weighted by atomic mass is 10.2. The number of aromatic nitrogens is 2. The van der Waals surface area contributed by atoms with Gasteiger partial charge in [-0.25, -0.2) is 0 Å². The molecule has 0 fully saturated rings. The van der Waals surface area contributed by atoms with E-state index in [2.05, 4.69) is 10.4 Å². The molecule has 0 spiro atoms. The smallest absolute Gasteiger partial charge is 0.256 e. The molecular weight excluding hydrogens is 270 g/mol. The predicted octanol–water partition coefficient (Wildman–Crippen LogP) is 3.25. The third kappa shape index (κ3) is 2.95. The number of thiophene rings is 1. The molecule has 2 heterocycles. The summed E-state index contributed by atoms with van der Waals surface area (Å²) in [5.74, 6) is -0.0810. The van der Waals surface area contributed by atoms with Crippen molar-refractivity contribution < 1.29 is 4.79 Å². The maximum Gasteiger partial charge on any atom is 0.256 e. The van der Waals surface area contributed by atoms with Gasteiger partial charge in [0.05, 0.1) is 12.1 Å². The zero-order valence-corrected chi connectivity index (χ0v) is 11.5. The van der Waals surface area contributed by atoms with Crippen LogP contribution < -0.4 is 5.32 Å². The number of carbonyl (C=O) groups excluding carboxylic acids is 1. The Hall–Kier alpha value is -2.40. The van der Waals surface area contributed by atoms with Gasteiger partial charge in [-0.15, -0.1) is 0 Å². The molecular formula is C15H13N3OS. The summed E-state index contributed by atoms with van der Waals surface area (Å²) >= 11 is 1.51. The van der Waals surface area contributed by atoms with Crippen LogP contribution in [-0.2, 0) is 6.54 Å². The maximum absolute atomic E-state index is 12.0. The van der Waals surface area contributed by atoms with Crippen molar-refractivity contribution in [3.8, 4) is 0 Å². The van der Waals surface area contributed by atoms with E-state index in [1.165, 1.54) is 11.3 Å². The third-order valence-electron chi connectivity index (χ3n) is 2.87. The highest BCUT2D eigenvalue weighted by molar-refractivity contribution is 7.08. The zero-order valence-electron chi connectivity index (χ0n) is 10.7. The van der Waals surface area contributed by atoms with Crippen LogP contribution in [0.3, 0.4) is 0 Å². The lowest BCUT2D eigenvalue weighted by Crippen LogP contribution is -2.11. The lowest BCUT2D eigenvalue weighted by Gasteiger charge is -2.07. The predicted molar refractivity (Wildman–Crippen MR) is 80.0 cm³/mol. The van der Waals surface area contributed by atoms with Gasteiger partial charge in [0.25, 0.3) is 5.91 Å². The van der Waals surface area contributed by atoms with Crippen LogP contribution in [-0.4, -0.2) is 15.7 Å². The number of benzene rings is 1. The van der Waals surface area contributed by atoms with E-state index in [0.29, 0.717) is 12.1 Å². The fourth-order valence-electron chi connectivity index (χ4n) is 1.93. The topological polar surface area (TPSA) is 46.9 Å². The quantitative estimate of drug-likeness (QED) is 0.799. The second-order valence-corrected chi connectivity index (χ2v) is 5.15. The van der Waals surface area contributed by atoms with Crippen LogP contribution in [0.2, 0.25) is 0 Å². The van der Waals surface area contributed by atoms with Gasteiger partial charge in [-0.1, -0.05) is 12.1 Å². The van der Waals surface area contributed by atoms with Gasteiger partial charge in [0, 0.05) is 23.5 Å². The van der Waals surface area contributed by atoms with Crippen molar-refractivity contribution in [2.24, 2.45) is 0 Å². The maximum atomic E-state index is 12.0. The van der Waals surface area contributed by atoms with E-state index in [1.54, 1.807) is 6.20 Å². The number of nitrogens with one attached hydrogen (secondary N) is 1. The summed E-state index contributed by atoms with van der Waals surface area (Å²) in [6.45, 7) is 0.690. The molecule has 5 heteroatoms. The molecule has 0 aliphatic carbocycles. The first-order chi connectivity index (χ1) is 9.81. The van der Waals surface area contributed by atoms with Crippen molar-refractivity contribution >= 4 is 22.9 Å². The molecule has 3 aromatic rings. The van der Waals surface area contributed by atoms with Gasteiger partial charge in [-0.2, -0.15) is 16.4 Å². The molecule has 2 aromatic heterocycles. The summed E-state index contributed by atoms with van der Waals surface area (Å²) < 4.78 is 1.85. The molecule has 20 heavy (non-hydrogen) atoms. The Kier molecular flexibility index (Phi) is 3.60. The second kappa shape index (κ2) is 5.71. The molecule has 0 aliphatic heterocycles. The molecule has 0 bridgehead atoms. The Morgan fingerprint density at radius 1 is 1.30 bits per heavy atom. The Labute approximate surface area is 120 Å². The van der Waals surface area contributed by atoms with E-state index >= 15 is 0 Å². The van der Waals surface area contributed by atoms with Crippen molar-refractivity contribution in [3.05, 3.63) is 70.7 Å². The van der Waals surface area contributed by atoms with E-state index in [0.717, 1.165) is 11.3 Å². The number of hydrogen-bond acceptors (Lipinski definition) is 3. The molecule has 1 aromatic carbocycles. The largest absolute Gasteiger partial charge is 0.322 e. The van der Waals surface area contributed by atoms with Crippen LogP contribution in [0.4, 0.5) is 5.69 Å². The van der Waals surface area contributed by atoms with Crippen molar-refractivity contribution in [2.75, 3.05) is 5.32 Å². The van der Waals surface area contributed by atoms with Gasteiger partial charge in [-0.3, -0.25) is 9.48 Å². The minimum absolute atomic E-state index is 0.0810. The summed E-state index contributed by atoms with van der Waals surface area (Å²) in [6.07, 6.45) is 3.67. The molecule has 4 nitrogen and oxygen atoms in total. The fourth-order valence-corrected chi connectivity index (χ4v) is 2.56. The molecule has 0 unspecified atom stereocenters. The SMILES string of the molecule is O=C(Nc1cccc(Cn2cccn2)c1)c1ccsc1. The molecule has 1 N–H and O–H groups in total. The van der Waals surface area contributed by atoms with Crippen LogP contribution in [0.15, 0.2) is 59.6 Å². The van der Waals surface area contributed by atoms with Crippen LogP contribution in [0, 0.1) is 0 Å². The van der Waals surface area contributed by atoms with Crippen molar-refractivity contribution in [1.82, 2.24) is 9.78 Å². The van der Waals surface area contributed by atoms with Gasteiger partial charge in [-0.05, 0) is 35.2 Å². The summed E-state index contributed by atoms with van der Waals surface area (Å²) in [7, 11) is 0. The van der Waals surface area contributed by atoms with Crippen molar-refractivity contribution in [3.63, 3.8) is 0 Å². The highest BCUT2D eigenvalue weighted by Crippen LogP contribution is 2.14. The molecule has 0 radical (unpaired) electrons. The van der Waals surface area contributed by atoms with Gasteiger partial charge in [0.1, 0.15) is 0 Å². The average Bonchev–Trinajstić information content (AvgIpc) is 3.12. The Morgan fingerprint density at radius 2 is 2.25 bits per heavy atom. The fraction of sp³-hybridized carbons (Fsp3) is 0.0667. The average molecular weight is 283 g/mol. The minimum Gasteiger partial charge on any atom is -0.322 e. The van der Waals surface area contributed by atoms with Crippen molar-refractivity contribution in [1.29, 1.82) is 0 Å². The third-order valence-corrected chi connectivity index (χ3v) is 3.56. The van der Waals surface area contributed by atoms with E-state index in [1.807, 2.05) is 58.0 Å². The molecule has 0 saturated heterocycles. The number of rotatable bonds is 4. The number of amides is 1. The van der Waals surface area contributed by atoms with E-state index in [4.69, 9.17) is 0 Å². The highest BCUT2D eigenvalue weighted by atomic mass is 32.1. The summed E-state index contributed by atoms with van der Waals surface area (Å²) in [4.78, 5) is 12.0. The lowest BCUT2D eigenvalue weighted by molar-refractivity contribution is 0.102. The number of nitrogens with zero attached hydrogens (tertiary/aromatic N) is 2. The Bertz CT molecular complexity index is 690. The minimum atomic E-state index is -0.0810. The molecule has 0 atom stereocenters. The summed E-state index contributed by atoms with van der Waals surface area (Å²) in [5, 5.41) is 10.8. The van der Waals surface area contributed by atoms with Gasteiger partial charge >= 0.3 is 0 Å². The highest BCUT2D eigenvalue weighted by Gasteiger charge is 2.06. The van der Waals surface area contributed by atoms with Crippen LogP contribution in [0.25, 0.3) is 0 Å². The van der Waals surface area contributed by atoms with E-state index < -0.39 is 0 Å². The normalized spacial score (nSPS) is 10.4. The first-order valence-corrected chi connectivity index (χ1v) is 7.15.